The molecule has 0 bridgehead atoms. The lowest BCUT2D eigenvalue weighted by atomic mass is 10.2. The van der Waals surface area contributed by atoms with Crippen molar-refractivity contribution in [1.29, 1.82) is 0 Å². The second-order valence-electron chi connectivity index (χ2n) is 2.73. The highest BCUT2D eigenvalue weighted by Crippen LogP contribution is 2.06. The van der Waals surface area contributed by atoms with E-state index in [0.717, 1.165) is 0 Å². The number of benzene rings is 1. The van der Waals surface area contributed by atoms with Crippen LogP contribution in [-0.2, 0) is 0 Å². The zero-order valence-electron chi connectivity index (χ0n) is 9.34. The number of hydrogen-bond acceptors (Lipinski definition) is 2. The van der Waals surface area contributed by atoms with Crippen molar-refractivity contribution in [2.24, 2.45) is 0 Å². The van der Waals surface area contributed by atoms with Gasteiger partial charge >= 0.3 is 0 Å². The summed E-state index contributed by atoms with van der Waals surface area (Å²) in [6, 6.07) is 6.15. The maximum Gasteiger partial charge on any atom is 0.255 e. The summed E-state index contributed by atoms with van der Waals surface area (Å²) in [5.41, 5.74) is 6.13. The molecule has 0 aliphatic heterocycles. The third kappa shape index (κ3) is 5.29. The van der Waals surface area contributed by atoms with Gasteiger partial charge in [0.25, 0.3) is 12.3 Å². The summed E-state index contributed by atoms with van der Waals surface area (Å²) in [5, 5.41) is 2.08. The van der Waals surface area contributed by atoms with E-state index in [-0.39, 0.29) is 5.56 Å². The first kappa shape index (κ1) is 14.3. The fourth-order valence-electron chi connectivity index (χ4n) is 0.952. The second kappa shape index (κ2) is 7.62. The molecule has 16 heavy (non-hydrogen) atoms. The third-order valence-electron chi connectivity index (χ3n) is 1.57. The number of anilines is 1. The van der Waals surface area contributed by atoms with Crippen LogP contribution in [0.5, 0.6) is 0 Å². The lowest BCUT2D eigenvalue weighted by molar-refractivity contribution is 0.0892. The second-order valence-corrected chi connectivity index (χ2v) is 2.73. The number of carbonyl (C=O) groups excluding carboxylic acids is 1. The molecule has 0 aliphatic rings. The SMILES string of the molecule is CC.Nc1cccc(C(=O)NCC(F)F)c1. The van der Waals surface area contributed by atoms with Crippen molar-refractivity contribution in [3.8, 4) is 0 Å². The Labute approximate surface area is 93.6 Å². The van der Waals surface area contributed by atoms with Gasteiger partial charge in [0.05, 0.1) is 6.54 Å². The molecule has 0 heterocycles. The molecule has 0 saturated heterocycles. The van der Waals surface area contributed by atoms with Gasteiger partial charge in [0.2, 0.25) is 0 Å². The lowest BCUT2D eigenvalue weighted by Gasteiger charge is -2.04. The molecule has 0 unspecified atom stereocenters. The highest BCUT2D eigenvalue weighted by Gasteiger charge is 2.08. The molecule has 0 aliphatic carbocycles. The number of alkyl halides is 2. The van der Waals surface area contributed by atoms with Crippen LogP contribution in [0.1, 0.15) is 24.2 Å². The lowest BCUT2D eigenvalue weighted by Crippen LogP contribution is -2.28. The van der Waals surface area contributed by atoms with E-state index in [0.29, 0.717) is 5.69 Å². The minimum atomic E-state index is -2.54. The molecule has 1 aromatic rings. The Balaban J connectivity index is 0.00000106. The molecule has 0 radical (unpaired) electrons. The summed E-state index contributed by atoms with van der Waals surface area (Å²) < 4.78 is 23.5. The van der Waals surface area contributed by atoms with E-state index in [1.807, 2.05) is 13.8 Å². The summed E-state index contributed by atoms with van der Waals surface area (Å²) in [6.45, 7) is 3.35. The van der Waals surface area contributed by atoms with Crippen molar-refractivity contribution < 1.29 is 13.6 Å². The summed E-state index contributed by atoms with van der Waals surface area (Å²) in [5.74, 6) is -0.544. The van der Waals surface area contributed by atoms with Crippen LogP contribution in [0.25, 0.3) is 0 Å². The van der Waals surface area contributed by atoms with Crippen molar-refractivity contribution in [2.45, 2.75) is 20.3 Å². The Bertz CT molecular complexity index is 330. The number of carbonyl (C=O) groups is 1. The molecule has 0 atom stereocenters. The van der Waals surface area contributed by atoms with Crippen LogP contribution in [0.2, 0.25) is 0 Å². The van der Waals surface area contributed by atoms with E-state index in [1.54, 1.807) is 12.1 Å². The van der Waals surface area contributed by atoms with Crippen molar-refractivity contribution >= 4 is 11.6 Å². The monoisotopic (exact) mass is 230 g/mol. The van der Waals surface area contributed by atoms with Crippen molar-refractivity contribution in [1.82, 2.24) is 5.32 Å². The van der Waals surface area contributed by atoms with Crippen molar-refractivity contribution in [2.75, 3.05) is 12.3 Å². The van der Waals surface area contributed by atoms with Crippen LogP contribution in [0.4, 0.5) is 14.5 Å². The Morgan fingerprint density at radius 2 is 2.06 bits per heavy atom. The Hall–Kier alpha value is -1.65. The molecule has 3 nitrogen and oxygen atoms in total. The predicted octanol–water partition coefficient (Wildman–Crippen LogP) is 2.29. The molecule has 1 rings (SSSR count). The minimum Gasteiger partial charge on any atom is -0.399 e. The van der Waals surface area contributed by atoms with Gasteiger partial charge in [-0.05, 0) is 18.2 Å². The van der Waals surface area contributed by atoms with Gasteiger partial charge in [0.1, 0.15) is 0 Å². The molecular formula is C11H16F2N2O. The quantitative estimate of drug-likeness (QED) is 0.783. The number of halogens is 2. The standard InChI is InChI=1S/C9H10F2N2O.C2H6/c10-8(11)5-13-9(14)6-2-1-3-7(12)4-6;1-2/h1-4,8H,5,12H2,(H,13,14);1-2H3. The van der Waals surface area contributed by atoms with E-state index in [4.69, 9.17) is 5.73 Å². The van der Waals surface area contributed by atoms with Crippen molar-refractivity contribution in [3.63, 3.8) is 0 Å². The highest BCUT2D eigenvalue weighted by molar-refractivity contribution is 5.94. The average Bonchev–Trinajstić information content (AvgIpc) is 2.28. The van der Waals surface area contributed by atoms with Gasteiger partial charge in [-0.1, -0.05) is 19.9 Å². The first-order valence-corrected chi connectivity index (χ1v) is 5.01. The maximum absolute atomic E-state index is 11.8. The minimum absolute atomic E-state index is 0.283. The maximum atomic E-state index is 11.8. The fourth-order valence-corrected chi connectivity index (χ4v) is 0.952. The molecule has 0 spiro atoms. The number of amides is 1. The van der Waals surface area contributed by atoms with Gasteiger partial charge in [-0.15, -0.1) is 0 Å². The smallest absolute Gasteiger partial charge is 0.255 e. The molecule has 1 aromatic carbocycles. The van der Waals surface area contributed by atoms with E-state index in [1.165, 1.54) is 12.1 Å². The molecule has 5 heteroatoms. The molecular weight excluding hydrogens is 214 g/mol. The molecule has 3 N–H and O–H groups in total. The Morgan fingerprint density at radius 1 is 1.44 bits per heavy atom. The zero-order chi connectivity index (χ0) is 12.6. The molecule has 0 saturated carbocycles. The number of nitrogens with one attached hydrogen (secondary N) is 1. The zero-order valence-corrected chi connectivity index (χ0v) is 9.34. The van der Waals surface area contributed by atoms with E-state index < -0.39 is 18.9 Å². The van der Waals surface area contributed by atoms with Crippen LogP contribution in [0.15, 0.2) is 24.3 Å². The van der Waals surface area contributed by atoms with Crippen LogP contribution in [-0.4, -0.2) is 18.9 Å². The largest absolute Gasteiger partial charge is 0.399 e. The highest BCUT2D eigenvalue weighted by atomic mass is 19.3. The van der Waals surface area contributed by atoms with Gasteiger partial charge < -0.3 is 11.1 Å². The number of nitrogens with two attached hydrogens (primary N) is 1. The number of hydrogen-bond donors (Lipinski definition) is 2. The van der Waals surface area contributed by atoms with Gasteiger partial charge in [0, 0.05) is 11.3 Å². The van der Waals surface area contributed by atoms with Crippen molar-refractivity contribution in [3.05, 3.63) is 29.8 Å². The Morgan fingerprint density at radius 3 is 2.56 bits per heavy atom. The molecule has 0 fully saturated rings. The first-order valence-electron chi connectivity index (χ1n) is 5.01. The average molecular weight is 230 g/mol. The topological polar surface area (TPSA) is 55.1 Å². The molecule has 1 amide bonds. The van der Waals surface area contributed by atoms with E-state index >= 15 is 0 Å². The fraction of sp³-hybridized carbons (Fsp3) is 0.364. The number of nitrogen functional groups attached to an aromatic ring is 1. The van der Waals surface area contributed by atoms with Crippen LogP contribution in [0, 0.1) is 0 Å². The summed E-state index contributed by atoms with van der Waals surface area (Å²) >= 11 is 0. The Kier molecular flexibility index (Phi) is 6.83. The van der Waals surface area contributed by atoms with E-state index in [2.05, 4.69) is 5.32 Å². The van der Waals surface area contributed by atoms with Crippen LogP contribution < -0.4 is 11.1 Å². The summed E-state index contributed by atoms with van der Waals surface area (Å²) in [7, 11) is 0. The van der Waals surface area contributed by atoms with E-state index in [9.17, 15) is 13.6 Å². The molecule has 90 valence electrons. The number of rotatable bonds is 3. The predicted molar refractivity (Wildman–Crippen MR) is 60.5 cm³/mol. The summed E-state index contributed by atoms with van der Waals surface area (Å²) in [4.78, 5) is 11.2. The normalized spacial score (nSPS) is 9.31. The molecule has 0 aromatic heterocycles. The van der Waals surface area contributed by atoms with Gasteiger partial charge in [0.15, 0.2) is 0 Å². The van der Waals surface area contributed by atoms with Crippen LogP contribution in [0.3, 0.4) is 0 Å². The van der Waals surface area contributed by atoms with Crippen LogP contribution >= 0.6 is 0 Å². The third-order valence-corrected chi connectivity index (χ3v) is 1.57. The van der Waals surface area contributed by atoms with Gasteiger partial charge in [-0.3, -0.25) is 4.79 Å². The van der Waals surface area contributed by atoms with Gasteiger partial charge in [-0.25, -0.2) is 8.78 Å². The summed E-state index contributed by atoms with van der Waals surface area (Å²) in [6.07, 6.45) is -2.54. The van der Waals surface area contributed by atoms with Gasteiger partial charge in [-0.2, -0.15) is 0 Å². The first-order chi connectivity index (χ1) is 7.59.